The largest absolute Gasteiger partial charge is 0.495 e. The molecule has 1 unspecified atom stereocenters. The lowest BCUT2D eigenvalue weighted by molar-refractivity contribution is -0.119. The fourth-order valence-electron chi connectivity index (χ4n) is 4.17. The number of methoxy groups -OCH3 is 1. The summed E-state index contributed by atoms with van der Waals surface area (Å²) < 4.78 is 7.08. The van der Waals surface area contributed by atoms with Crippen molar-refractivity contribution < 1.29 is 14.3 Å². The van der Waals surface area contributed by atoms with Gasteiger partial charge in [0.1, 0.15) is 10.6 Å². The lowest BCUT2D eigenvalue weighted by Crippen LogP contribution is -2.43. The number of carbonyl (C=O) groups excluding carboxylic acids is 2. The van der Waals surface area contributed by atoms with E-state index in [9.17, 15) is 14.4 Å². The van der Waals surface area contributed by atoms with Crippen LogP contribution in [0.15, 0.2) is 34.2 Å². The number of amides is 3. The molecule has 178 valence electrons. The molecule has 1 fully saturated rings. The zero-order valence-corrected chi connectivity index (χ0v) is 20.7. The normalized spacial score (nSPS) is 16.1. The summed E-state index contributed by atoms with van der Waals surface area (Å²) in [6.07, 6.45) is 5.88. The molecule has 1 saturated carbocycles. The summed E-state index contributed by atoms with van der Waals surface area (Å²) in [4.78, 5) is 45.4. The number of ether oxygens (including phenoxy) is 1. The van der Waals surface area contributed by atoms with E-state index in [2.05, 4.69) is 10.6 Å². The van der Waals surface area contributed by atoms with Crippen LogP contribution in [0.2, 0.25) is 0 Å². The van der Waals surface area contributed by atoms with Gasteiger partial charge in [-0.05, 0) is 63.1 Å². The van der Waals surface area contributed by atoms with Crippen LogP contribution in [0.25, 0.3) is 15.9 Å². The minimum Gasteiger partial charge on any atom is -0.495 e. The van der Waals surface area contributed by atoms with Gasteiger partial charge in [-0.25, -0.2) is 9.78 Å². The molecule has 0 spiro atoms. The Morgan fingerprint density at radius 3 is 2.76 bits per heavy atom. The Hall–Kier alpha value is -2.85. The number of thiophene rings is 1. The number of aryl methyl sites for hydroxylation is 2. The molecule has 1 aromatic carbocycles. The zero-order chi connectivity index (χ0) is 23.8. The van der Waals surface area contributed by atoms with Gasteiger partial charge in [-0.1, -0.05) is 23.9 Å². The lowest BCUT2D eigenvalue weighted by Gasteiger charge is -2.17. The second-order valence-electron chi connectivity index (χ2n) is 8.59. The first-order valence-corrected chi connectivity index (χ1v) is 13.1. The quantitative estimate of drug-likeness (QED) is 0.396. The van der Waals surface area contributed by atoms with Gasteiger partial charge in [0.05, 0.1) is 23.4 Å². The number of aromatic nitrogens is 2. The molecule has 10 heteroatoms. The highest BCUT2D eigenvalue weighted by Gasteiger charge is 2.28. The highest BCUT2D eigenvalue weighted by molar-refractivity contribution is 8.00. The fourth-order valence-corrected chi connectivity index (χ4v) is 6.39. The third-order valence-corrected chi connectivity index (χ3v) is 8.32. The van der Waals surface area contributed by atoms with Crippen molar-refractivity contribution in [2.45, 2.75) is 61.9 Å². The van der Waals surface area contributed by atoms with Gasteiger partial charge in [0.25, 0.3) is 5.56 Å². The molecule has 2 aromatic heterocycles. The summed E-state index contributed by atoms with van der Waals surface area (Å²) in [5.74, 6) is 0.104. The molecule has 2 aliphatic rings. The number of hydrogen-bond donors (Lipinski definition) is 2. The van der Waals surface area contributed by atoms with Crippen molar-refractivity contribution >= 4 is 45.3 Å². The molecule has 0 radical (unpaired) electrons. The smallest absolute Gasteiger partial charge is 0.321 e. The number of rotatable bonds is 6. The molecule has 34 heavy (non-hydrogen) atoms. The van der Waals surface area contributed by atoms with Gasteiger partial charge in [0.15, 0.2) is 5.16 Å². The Kier molecular flexibility index (Phi) is 6.35. The summed E-state index contributed by atoms with van der Waals surface area (Å²) in [7, 11) is 1.56. The molecule has 2 N–H and O–H groups in total. The SMILES string of the molecule is COc1ccccc1-n1c(SC(C)C(=O)NC(=O)NC2CC2)nc2sc3c(c2c1=O)CCCC3. The van der Waals surface area contributed by atoms with Crippen molar-refractivity contribution in [3.63, 3.8) is 0 Å². The molecule has 5 rings (SSSR count). The van der Waals surface area contributed by atoms with Crippen LogP contribution in [0.5, 0.6) is 5.75 Å². The van der Waals surface area contributed by atoms with Gasteiger partial charge in [-0.2, -0.15) is 0 Å². The lowest BCUT2D eigenvalue weighted by atomic mass is 9.97. The molecule has 8 nitrogen and oxygen atoms in total. The van der Waals surface area contributed by atoms with Crippen molar-refractivity contribution in [3.05, 3.63) is 45.1 Å². The number of thioether (sulfide) groups is 1. The van der Waals surface area contributed by atoms with Crippen LogP contribution in [-0.4, -0.2) is 39.9 Å². The summed E-state index contributed by atoms with van der Waals surface area (Å²) in [6, 6.07) is 6.95. The van der Waals surface area contributed by atoms with Crippen LogP contribution in [0.1, 0.15) is 43.0 Å². The maximum Gasteiger partial charge on any atom is 0.321 e. The van der Waals surface area contributed by atoms with E-state index in [1.54, 1.807) is 36.0 Å². The molecular formula is C24H26N4O4S2. The van der Waals surface area contributed by atoms with E-state index in [1.807, 2.05) is 18.2 Å². The summed E-state index contributed by atoms with van der Waals surface area (Å²) in [6.45, 7) is 1.70. The predicted molar refractivity (Wildman–Crippen MR) is 133 cm³/mol. The van der Waals surface area contributed by atoms with Crippen molar-refractivity contribution in [2.75, 3.05) is 7.11 Å². The van der Waals surface area contributed by atoms with Crippen molar-refractivity contribution in [2.24, 2.45) is 0 Å². The molecular weight excluding hydrogens is 472 g/mol. The Morgan fingerprint density at radius 2 is 2.00 bits per heavy atom. The number of hydrogen-bond acceptors (Lipinski definition) is 7. The molecule has 2 heterocycles. The number of urea groups is 1. The van der Waals surface area contributed by atoms with E-state index in [0.29, 0.717) is 26.8 Å². The van der Waals surface area contributed by atoms with E-state index in [1.165, 1.54) is 4.88 Å². The van der Waals surface area contributed by atoms with E-state index < -0.39 is 17.2 Å². The van der Waals surface area contributed by atoms with Gasteiger partial charge < -0.3 is 10.1 Å². The van der Waals surface area contributed by atoms with E-state index in [4.69, 9.17) is 9.72 Å². The topological polar surface area (TPSA) is 102 Å². The van der Waals surface area contributed by atoms with Crippen LogP contribution in [0.3, 0.4) is 0 Å². The molecule has 1 atom stereocenters. The number of imide groups is 1. The molecule has 2 aliphatic carbocycles. The summed E-state index contributed by atoms with van der Waals surface area (Å²) in [5.41, 5.74) is 1.52. The van der Waals surface area contributed by atoms with E-state index >= 15 is 0 Å². The Labute approximate surface area is 205 Å². The van der Waals surface area contributed by atoms with Crippen molar-refractivity contribution in [1.82, 2.24) is 20.2 Å². The Bertz CT molecular complexity index is 1330. The fraction of sp³-hybridized carbons (Fsp3) is 0.417. The first-order valence-electron chi connectivity index (χ1n) is 11.4. The number of benzene rings is 1. The zero-order valence-electron chi connectivity index (χ0n) is 19.1. The maximum atomic E-state index is 13.9. The van der Waals surface area contributed by atoms with Crippen molar-refractivity contribution in [3.8, 4) is 11.4 Å². The highest BCUT2D eigenvalue weighted by Crippen LogP contribution is 2.36. The van der Waals surface area contributed by atoms with Crippen molar-refractivity contribution in [1.29, 1.82) is 0 Å². The van der Waals surface area contributed by atoms with Crippen LogP contribution in [0, 0.1) is 0 Å². The van der Waals surface area contributed by atoms with Crippen LogP contribution >= 0.6 is 23.1 Å². The predicted octanol–water partition coefficient (Wildman–Crippen LogP) is 3.80. The minimum absolute atomic E-state index is 0.153. The maximum absolute atomic E-state index is 13.9. The average Bonchev–Trinajstić information content (AvgIpc) is 3.55. The molecule has 3 aromatic rings. The number of para-hydroxylation sites is 2. The first kappa shape index (κ1) is 22.9. The Morgan fingerprint density at radius 1 is 1.24 bits per heavy atom. The van der Waals surface area contributed by atoms with Gasteiger partial charge >= 0.3 is 6.03 Å². The molecule has 0 saturated heterocycles. The first-order chi connectivity index (χ1) is 16.5. The second kappa shape index (κ2) is 9.42. The van der Waals surface area contributed by atoms with E-state index in [-0.39, 0.29) is 11.6 Å². The third kappa shape index (κ3) is 4.44. The second-order valence-corrected chi connectivity index (χ2v) is 11.0. The molecule has 3 amide bonds. The van der Waals surface area contributed by atoms with Crippen LogP contribution in [0.4, 0.5) is 4.79 Å². The summed E-state index contributed by atoms with van der Waals surface area (Å²) >= 11 is 2.72. The monoisotopic (exact) mass is 498 g/mol. The average molecular weight is 499 g/mol. The highest BCUT2D eigenvalue weighted by atomic mass is 32.2. The van der Waals surface area contributed by atoms with Gasteiger partial charge in [-0.15, -0.1) is 11.3 Å². The van der Waals surface area contributed by atoms with Gasteiger partial charge in [0.2, 0.25) is 5.91 Å². The van der Waals surface area contributed by atoms with Crippen LogP contribution < -0.4 is 20.9 Å². The minimum atomic E-state index is -0.648. The number of nitrogens with zero attached hydrogens (tertiary/aromatic N) is 2. The van der Waals surface area contributed by atoms with Crippen LogP contribution in [-0.2, 0) is 17.6 Å². The summed E-state index contributed by atoms with van der Waals surface area (Å²) in [5, 5.41) is 5.56. The number of carbonyl (C=O) groups is 2. The van der Waals surface area contributed by atoms with Gasteiger partial charge in [0, 0.05) is 10.9 Å². The number of fused-ring (bicyclic) bond motifs is 3. The standard InChI is InChI=1S/C24H26N4O4S2/c1-13(20(29)26-23(31)25-14-11-12-14)33-24-27-21-19(15-7-3-6-10-18(15)34-21)22(30)28(24)16-8-4-5-9-17(16)32-2/h4-5,8-9,13-14H,3,6-7,10-12H2,1-2H3,(H2,25,26,29,31). The molecule has 0 aliphatic heterocycles. The van der Waals surface area contributed by atoms with Gasteiger partial charge in [-0.3, -0.25) is 19.5 Å². The Balaban J connectivity index is 1.56. The number of nitrogens with one attached hydrogen (secondary N) is 2. The third-order valence-electron chi connectivity index (χ3n) is 6.08. The van der Waals surface area contributed by atoms with E-state index in [0.717, 1.165) is 55.9 Å². The molecule has 0 bridgehead atoms.